The Bertz CT molecular complexity index is 401. The lowest BCUT2D eigenvalue weighted by Crippen LogP contribution is -2.34. The first-order valence-corrected chi connectivity index (χ1v) is 6.27. The number of carbonyl (C=O) groups is 1. The first-order valence-electron chi connectivity index (χ1n) is 6.27. The summed E-state index contributed by atoms with van der Waals surface area (Å²) in [5.74, 6) is 0.492. The van der Waals surface area contributed by atoms with Crippen molar-refractivity contribution >= 4 is 11.8 Å². The Balaban J connectivity index is 2.78. The molecule has 1 aromatic rings. The molecular formula is C15H23NO2. The van der Waals surface area contributed by atoms with Gasteiger partial charge in [0.25, 0.3) is 0 Å². The number of ether oxygens (including phenoxy) is 1. The van der Waals surface area contributed by atoms with Gasteiger partial charge in [-0.25, -0.2) is 4.79 Å². The molecule has 0 saturated heterocycles. The molecule has 1 aromatic carbocycles. The molecule has 100 valence electrons. The Labute approximate surface area is 110 Å². The van der Waals surface area contributed by atoms with Crippen molar-refractivity contribution in [3.63, 3.8) is 0 Å². The lowest BCUT2D eigenvalue weighted by molar-refractivity contribution is 0.0589. The number of amides is 1. The summed E-state index contributed by atoms with van der Waals surface area (Å²) in [5, 5.41) is 0. The maximum absolute atomic E-state index is 11.9. The summed E-state index contributed by atoms with van der Waals surface area (Å²) in [6.07, 6.45) is -0.334. The highest BCUT2D eigenvalue weighted by atomic mass is 16.6. The van der Waals surface area contributed by atoms with Gasteiger partial charge in [0, 0.05) is 12.7 Å². The lowest BCUT2D eigenvalue weighted by atomic mass is 10.0. The molecule has 0 aliphatic carbocycles. The summed E-state index contributed by atoms with van der Waals surface area (Å²) < 4.78 is 5.32. The zero-order valence-electron chi connectivity index (χ0n) is 12.2. The van der Waals surface area contributed by atoms with Crippen LogP contribution < -0.4 is 4.90 Å². The van der Waals surface area contributed by atoms with Crippen LogP contribution >= 0.6 is 0 Å². The molecule has 18 heavy (non-hydrogen) atoms. The van der Waals surface area contributed by atoms with Crippen molar-refractivity contribution in [2.75, 3.05) is 11.9 Å². The fourth-order valence-electron chi connectivity index (χ4n) is 1.52. The largest absolute Gasteiger partial charge is 0.443 e. The fraction of sp³-hybridized carbons (Fsp3) is 0.533. The molecule has 3 heteroatoms. The van der Waals surface area contributed by atoms with E-state index in [0.29, 0.717) is 5.92 Å². The summed E-state index contributed by atoms with van der Waals surface area (Å²) in [7, 11) is 1.72. The SMILES string of the molecule is CC(C)c1ccc(N(C)C(=O)OC(C)(C)C)cc1. The van der Waals surface area contributed by atoms with Gasteiger partial charge in [-0.2, -0.15) is 0 Å². The summed E-state index contributed by atoms with van der Waals surface area (Å²) in [6.45, 7) is 9.88. The molecule has 0 bridgehead atoms. The average Bonchev–Trinajstić information content (AvgIpc) is 2.26. The van der Waals surface area contributed by atoms with Gasteiger partial charge in [0.2, 0.25) is 0 Å². The zero-order chi connectivity index (χ0) is 13.9. The average molecular weight is 249 g/mol. The standard InChI is InChI=1S/C15H23NO2/c1-11(2)12-7-9-13(10-8-12)16(6)14(17)18-15(3,4)5/h7-11H,1-6H3. The number of anilines is 1. The molecule has 0 aliphatic heterocycles. The normalized spacial score (nSPS) is 11.5. The predicted molar refractivity (Wildman–Crippen MR) is 75.2 cm³/mol. The van der Waals surface area contributed by atoms with Crippen molar-refractivity contribution < 1.29 is 9.53 Å². The van der Waals surface area contributed by atoms with Gasteiger partial charge in [-0.05, 0) is 44.4 Å². The fourth-order valence-corrected chi connectivity index (χ4v) is 1.52. The minimum absolute atomic E-state index is 0.334. The van der Waals surface area contributed by atoms with Crippen molar-refractivity contribution in [2.24, 2.45) is 0 Å². The summed E-state index contributed by atoms with van der Waals surface area (Å²) in [6, 6.07) is 7.97. The van der Waals surface area contributed by atoms with Crippen molar-refractivity contribution in [2.45, 2.75) is 46.1 Å². The molecule has 0 radical (unpaired) electrons. The van der Waals surface area contributed by atoms with Gasteiger partial charge in [-0.3, -0.25) is 4.90 Å². The molecule has 0 atom stereocenters. The van der Waals surface area contributed by atoms with Gasteiger partial charge in [-0.1, -0.05) is 26.0 Å². The molecule has 3 nitrogen and oxygen atoms in total. The monoisotopic (exact) mass is 249 g/mol. The van der Waals surface area contributed by atoms with Crippen LogP contribution in [0.15, 0.2) is 24.3 Å². The predicted octanol–water partition coefficient (Wildman–Crippen LogP) is 4.18. The van der Waals surface area contributed by atoms with E-state index in [-0.39, 0.29) is 6.09 Å². The molecule has 1 rings (SSSR count). The number of hydrogen-bond donors (Lipinski definition) is 0. The van der Waals surface area contributed by atoms with Crippen molar-refractivity contribution in [3.8, 4) is 0 Å². The second-order valence-corrected chi connectivity index (χ2v) is 5.79. The highest BCUT2D eigenvalue weighted by molar-refractivity contribution is 5.87. The number of carbonyl (C=O) groups excluding carboxylic acids is 1. The number of nitrogens with zero attached hydrogens (tertiary/aromatic N) is 1. The molecule has 0 heterocycles. The molecule has 0 N–H and O–H groups in total. The smallest absolute Gasteiger partial charge is 0.414 e. The van der Waals surface area contributed by atoms with E-state index in [2.05, 4.69) is 13.8 Å². The summed E-state index contributed by atoms with van der Waals surface area (Å²) in [5.41, 5.74) is 1.63. The van der Waals surface area contributed by atoms with Crippen LogP contribution in [0.5, 0.6) is 0 Å². The number of benzene rings is 1. The van der Waals surface area contributed by atoms with Gasteiger partial charge < -0.3 is 4.74 Å². The van der Waals surface area contributed by atoms with Crippen LogP contribution in [0.25, 0.3) is 0 Å². The van der Waals surface area contributed by atoms with E-state index in [9.17, 15) is 4.79 Å². The Morgan fingerprint density at radius 1 is 1.17 bits per heavy atom. The second kappa shape index (κ2) is 5.42. The maximum Gasteiger partial charge on any atom is 0.414 e. The van der Waals surface area contributed by atoms with Gasteiger partial charge in [0.05, 0.1) is 0 Å². The van der Waals surface area contributed by atoms with E-state index in [4.69, 9.17) is 4.74 Å². The van der Waals surface area contributed by atoms with Gasteiger partial charge in [-0.15, -0.1) is 0 Å². The first-order chi connectivity index (χ1) is 8.20. The maximum atomic E-state index is 11.9. The van der Waals surface area contributed by atoms with E-state index in [1.165, 1.54) is 10.5 Å². The highest BCUT2D eigenvalue weighted by Gasteiger charge is 2.20. The Morgan fingerprint density at radius 2 is 1.67 bits per heavy atom. The van der Waals surface area contributed by atoms with Crippen molar-refractivity contribution in [3.05, 3.63) is 29.8 Å². The Hall–Kier alpha value is -1.51. The molecule has 0 aromatic heterocycles. The Kier molecular flexibility index (Phi) is 4.38. The van der Waals surface area contributed by atoms with Crippen LogP contribution in [0.2, 0.25) is 0 Å². The second-order valence-electron chi connectivity index (χ2n) is 5.79. The van der Waals surface area contributed by atoms with Crippen LogP contribution in [0.3, 0.4) is 0 Å². The molecule has 0 unspecified atom stereocenters. The minimum atomic E-state index is -0.469. The van der Waals surface area contributed by atoms with Crippen LogP contribution in [-0.2, 0) is 4.74 Å². The molecule has 0 saturated carbocycles. The van der Waals surface area contributed by atoms with E-state index >= 15 is 0 Å². The van der Waals surface area contributed by atoms with E-state index in [0.717, 1.165) is 5.69 Å². The van der Waals surface area contributed by atoms with Crippen LogP contribution in [0.4, 0.5) is 10.5 Å². The lowest BCUT2D eigenvalue weighted by Gasteiger charge is -2.24. The van der Waals surface area contributed by atoms with Crippen LogP contribution in [-0.4, -0.2) is 18.7 Å². The van der Waals surface area contributed by atoms with E-state index in [1.807, 2.05) is 45.0 Å². The zero-order valence-corrected chi connectivity index (χ0v) is 12.2. The molecule has 0 fully saturated rings. The molecule has 0 aliphatic rings. The quantitative estimate of drug-likeness (QED) is 0.786. The number of hydrogen-bond acceptors (Lipinski definition) is 2. The third-order valence-electron chi connectivity index (χ3n) is 2.61. The number of rotatable bonds is 2. The van der Waals surface area contributed by atoms with E-state index < -0.39 is 5.60 Å². The summed E-state index contributed by atoms with van der Waals surface area (Å²) in [4.78, 5) is 13.4. The van der Waals surface area contributed by atoms with Gasteiger partial charge in [0.15, 0.2) is 0 Å². The van der Waals surface area contributed by atoms with Gasteiger partial charge in [0.1, 0.15) is 5.60 Å². The van der Waals surface area contributed by atoms with Gasteiger partial charge >= 0.3 is 6.09 Å². The third kappa shape index (κ3) is 4.06. The molecular weight excluding hydrogens is 226 g/mol. The van der Waals surface area contributed by atoms with Crippen molar-refractivity contribution in [1.82, 2.24) is 0 Å². The van der Waals surface area contributed by atoms with Crippen molar-refractivity contribution in [1.29, 1.82) is 0 Å². The molecule has 0 spiro atoms. The Morgan fingerprint density at radius 3 is 2.06 bits per heavy atom. The summed E-state index contributed by atoms with van der Waals surface area (Å²) >= 11 is 0. The topological polar surface area (TPSA) is 29.5 Å². The first kappa shape index (κ1) is 14.6. The third-order valence-corrected chi connectivity index (χ3v) is 2.61. The minimum Gasteiger partial charge on any atom is -0.443 e. The molecule has 1 amide bonds. The van der Waals surface area contributed by atoms with Crippen LogP contribution in [0, 0.1) is 0 Å². The van der Waals surface area contributed by atoms with E-state index in [1.54, 1.807) is 7.05 Å². The van der Waals surface area contributed by atoms with Crippen LogP contribution in [0.1, 0.15) is 46.1 Å². The highest BCUT2D eigenvalue weighted by Crippen LogP contribution is 2.20.